The fraction of sp³-hybridized carbons (Fsp3) is 0.130. The van der Waals surface area contributed by atoms with E-state index in [-0.39, 0.29) is 12.5 Å². The Balaban J connectivity index is 1.45. The number of hydrogen-bond acceptors (Lipinski definition) is 3. The van der Waals surface area contributed by atoms with Gasteiger partial charge in [-0.3, -0.25) is 9.78 Å². The average molecular weight is 425 g/mol. The number of nitrogens with zero attached hydrogens (tertiary/aromatic N) is 1. The number of aromatic nitrogens is 2. The van der Waals surface area contributed by atoms with Crippen LogP contribution in [0.4, 0.5) is 13.2 Å². The van der Waals surface area contributed by atoms with Gasteiger partial charge >= 0.3 is 6.18 Å². The number of amides is 1. The van der Waals surface area contributed by atoms with Gasteiger partial charge in [-0.2, -0.15) is 13.2 Å². The van der Waals surface area contributed by atoms with Crippen molar-refractivity contribution in [3.63, 3.8) is 0 Å². The molecular formula is C23H18F3N3O2. The summed E-state index contributed by atoms with van der Waals surface area (Å²) in [5, 5.41) is 3.20. The molecule has 0 aliphatic carbocycles. The molecule has 0 saturated carbocycles. The van der Waals surface area contributed by atoms with Crippen molar-refractivity contribution in [1.82, 2.24) is 15.3 Å². The Kier molecular flexibility index (Phi) is 5.37. The van der Waals surface area contributed by atoms with Gasteiger partial charge in [0.1, 0.15) is 11.4 Å². The predicted octanol–water partition coefficient (Wildman–Crippen LogP) is 5.19. The maximum atomic E-state index is 12.8. The number of carbonyl (C=O) groups is 1. The molecule has 5 nitrogen and oxygen atoms in total. The zero-order valence-corrected chi connectivity index (χ0v) is 16.5. The molecule has 4 aromatic rings. The molecule has 0 unspecified atom stereocenters. The third-order valence-electron chi connectivity index (χ3n) is 4.85. The molecule has 0 spiro atoms. The first-order chi connectivity index (χ1) is 14.8. The highest BCUT2D eigenvalue weighted by Gasteiger charge is 2.32. The van der Waals surface area contributed by atoms with Crippen LogP contribution in [0.1, 0.15) is 21.6 Å². The van der Waals surface area contributed by atoms with E-state index in [9.17, 15) is 18.0 Å². The minimum absolute atomic E-state index is 0.176. The molecular weight excluding hydrogens is 407 g/mol. The minimum Gasteiger partial charge on any atom is -0.496 e. The van der Waals surface area contributed by atoms with Crippen molar-refractivity contribution in [3.8, 4) is 17.0 Å². The SMILES string of the molecule is COc1ccccc1-c1ccc(C(=O)NCc2ccc3[nH]c(C(F)(F)F)cc3c2)cn1. The predicted molar refractivity (Wildman–Crippen MR) is 111 cm³/mol. The van der Waals surface area contributed by atoms with E-state index in [4.69, 9.17) is 4.74 Å². The number of methoxy groups -OCH3 is 1. The van der Waals surface area contributed by atoms with Crippen molar-refractivity contribution in [1.29, 1.82) is 0 Å². The van der Waals surface area contributed by atoms with Crippen LogP contribution in [0.5, 0.6) is 5.75 Å². The maximum Gasteiger partial charge on any atom is 0.431 e. The van der Waals surface area contributed by atoms with Gasteiger partial charge in [-0.1, -0.05) is 18.2 Å². The van der Waals surface area contributed by atoms with E-state index in [0.29, 0.717) is 33.5 Å². The molecule has 0 fully saturated rings. The molecule has 0 aliphatic rings. The van der Waals surface area contributed by atoms with E-state index in [1.165, 1.54) is 6.20 Å². The first kappa shape index (κ1) is 20.5. The molecule has 2 aromatic carbocycles. The molecule has 0 saturated heterocycles. The van der Waals surface area contributed by atoms with Crippen molar-refractivity contribution in [2.24, 2.45) is 0 Å². The van der Waals surface area contributed by atoms with Crippen LogP contribution in [0, 0.1) is 0 Å². The van der Waals surface area contributed by atoms with Gasteiger partial charge in [-0.05, 0) is 48.0 Å². The van der Waals surface area contributed by atoms with Gasteiger partial charge < -0.3 is 15.0 Å². The highest BCUT2D eigenvalue weighted by Crippen LogP contribution is 2.31. The standard InChI is InChI=1S/C23H18F3N3O2/c1-31-20-5-3-2-4-17(20)19-9-7-15(13-27-19)22(30)28-12-14-6-8-18-16(10-14)11-21(29-18)23(24,25)26/h2-11,13,29H,12H2,1H3,(H,28,30). The maximum absolute atomic E-state index is 12.8. The van der Waals surface area contributed by atoms with Crippen molar-refractivity contribution in [2.75, 3.05) is 7.11 Å². The monoisotopic (exact) mass is 425 g/mol. The van der Waals surface area contributed by atoms with Crippen LogP contribution in [0.25, 0.3) is 22.2 Å². The highest BCUT2D eigenvalue weighted by atomic mass is 19.4. The van der Waals surface area contributed by atoms with Crippen molar-refractivity contribution < 1.29 is 22.7 Å². The Morgan fingerprint density at radius 3 is 2.61 bits per heavy atom. The Morgan fingerprint density at radius 2 is 1.90 bits per heavy atom. The van der Waals surface area contributed by atoms with Gasteiger partial charge in [-0.15, -0.1) is 0 Å². The molecule has 2 N–H and O–H groups in total. The molecule has 0 aliphatic heterocycles. The fourth-order valence-corrected chi connectivity index (χ4v) is 3.27. The minimum atomic E-state index is -4.43. The summed E-state index contributed by atoms with van der Waals surface area (Å²) < 4.78 is 43.9. The smallest absolute Gasteiger partial charge is 0.431 e. The van der Waals surface area contributed by atoms with E-state index < -0.39 is 11.9 Å². The van der Waals surface area contributed by atoms with Gasteiger partial charge in [0.05, 0.1) is 18.4 Å². The normalized spacial score (nSPS) is 11.5. The summed E-state index contributed by atoms with van der Waals surface area (Å²) in [5.41, 5.74) is 2.14. The van der Waals surface area contributed by atoms with E-state index in [1.807, 2.05) is 24.3 Å². The number of benzene rings is 2. The summed E-state index contributed by atoms with van der Waals surface area (Å²) in [5.74, 6) is 0.352. The number of halogens is 3. The first-order valence-electron chi connectivity index (χ1n) is 9.41. The summed E-state index contributed by atoms with van der Waals surface area (Å²) in [6.45, 7) is 0.176. The highest BCUT2D eigenvalue weighted by molar-refractivity contribution is 5.94. The van der Waals surface area contributed by atoms with Crippen molar-refractivity contribution >= 4 is 16.8 Å². The third-order valence-corrected chi connectivity index (χ3v) is 4.85. The molecule has 4 rings (SSSR count). The largest absolute Gasteiger partial charge is 0.496 e. The summed E-state index contributed by atoms with van der Waals surface area (Å²) in [4.78, 5) is 19.2. The quantitative estimate of drug-likeness (QED) is 0.463. The molecule has 31 heavy (non-hydrogen) atoms. The molecule has 8 heteroatoms. The molecule has 2 heterocycles. The number of para-hydroxylation sites is 1. The fourth-order valence-electron chi connectivity index (χ4n) is 3.27. The van der Waals surface area contributed by atoms with Gasteiger partial charge in [0, 0.05) is 29.2 Å². The van der Waals surface area contributed by atoms with Gasteiger partial charge in [-0.25, -0.2) is 0 Å². The second-order valence-electron chi connectivity index (χ2n) is 6.92. The number of hydrogen-bond donors (Lipinski definition) is 2. The number of aromatic amines is 1. The lowest BCUT2D eigenvalue weighted by molar-refractivity contribution is -0.140. The van der Waals surface area contributed by atoms with Crippen LogP contribution in [-0.2, 0) is 12.7 Å². The first-order valence-corrected chi connectivity index (χ1v) is 9.41. The van der Waals surface area contributed by atoms with Gasteiger partial charge in [0.2, 0.25) is 0 Å². The number of H-pyrrole nitrogens is 1. The molecule has 0 bridgehead atoms. The van der Waals surface area contributed by atoms with Crippen LogP contribution in [-0.4, -0.2) is 23.0 Å². The molecule has 1 amide bonds. The molecule has 2 aromatic heterocycles. The average Bonchev–Trinajstić information content (AvgIpc) is 3.22. The van der Waals surface area contributed by atoms with Crippen LogP contribution in [0.3, 0.4) is 0 Å². The second-order valence-corrected chi connectivity index (χ2v) is 6.92. The topological polar surface area (TPSA) is 67.0 Å². The number of carbonyl (C=O) groups excluding carboxylic acids is 1. The summed E-state index contributed by atoms with van der Waals surface area (Å²) in [6.07, 6.45) is -2.96. The zero-order chi connectivity index (χ0) is 22.0. The van der Waals surface area contributed by atoms with E-state index in [1.54, 1.807) is 37.4 Å². The molecule has 0 radical (unpaired) electrons. The lowest BCUT2D eigenvalue weighted by atomic mass is 10.1. The number of ether oxygens (including phenoxy) is 1. The zero-order valence-electron chi connectivity index (χ0n) is 16.5. The second kappa shape index (κ2) is 8.14. The van der Waals surface area contributed by atoms with Crippen LogP contribution in [0.15, 0.2) is 66.9 Å². The lowest BCUT2D eigenvalue weighted by Gasteiger charge is -2.09. The van der Waals surface area contributed by atoms with Crippen molar-refractivity contribution in [2.45, 2.75) is 12.7 Å². The van der Waals surface area contributed by atoms with Crippen LogP contribution >= 0.6 is 0 Å². The Bertz CT molecular complexity index is 1230. The van der Waals surface area contributed by atoms with Crippen LogP contribution < -0.4 is 10.1 Å². The molecule has 158 valence electrons. The third kappa shape index (κ3) is 4.37. The number of fused-ring (bicyclic) bond motifs is 1. The number of pyridine rings is 1. The van der Waals surface area contributed by atoms with Gasteiger partial charge in [0.25, 0.3) is 5.91 Å². The Hall–Kier alpha value is -3.81. The summed E-state index contributed by atoms with van der Waals surface area (Å²) >= 11 is 0. The Morgan fingerprint density at radius 1 is 1.10 bits per heavy atom. The Labute approximate surface area is 175 Å². The van der Waals surface area contributed by atoms with Crippen molar-refractivity contribution in [3.05, 3.63) is 83.7 Å². The van der Waals surface area contributed by atoms with Crippen LogP contribution in [0.2, 0.25) is 0 Å². The number of nitrogens with one attached hydrogen (secondary N) is 2. The summed E-state index contributed by atoms with van der Waals surface area (Å²) in [6, 6.07) is 16.7. The molecule has 0 atom stereocenters. The van der Waals surface area contributed by atoms with E-state index in [0.717, 1.165) is 11.6 Å². The van der Waals surface area contributed by atoms with E-state index in [2.05, 4.69) is 15.3 Å². The van der Waals surface area contributed by atoms with Gasteiger partial charge in [0.15, 0.2) is 0 Å². The lowest BCUT2D eigenvalue weighted by Crippen LogP contribution is -2.22. The van der Waals surface area contributed by atoms with E-state index >= 15 is 0 Å². The number of alkyl halides is 3. The summed E-state index contributed by atoms with van der Waals surface area (Å²) in [7, 11) is 1.58. The number of rotatable bonds is 5.